The Labute approximate surface area is 160 Å². The smallest absolute Gasteiger partial charge is 0.412 e. The molecular weight excluding hydrogens is 342 g/mol. The van der Waals surface area contributed by atoms with Crippen LogP contribution in [0.2, 0.25) is 0 Å². The van der Waals surface area contributed by atoms with E-state index in [4.69, 9.17) is 4.74 Å². The van der Waals surface area contributed by atoms with Gasteiger partial charge in [0, 0.05) is 37.6 Å². The summed E-state index contributed by atoms with van der Waals surface area (Å²) in [5.74, 6) is -0.172. The summed E-state index contributed by atoms with van der Waals surface area (Å²) in [6.07, 6.45) is -0.527. The van der Waals surface area contributed by atoms with Crippen LogP contribution in [0.15, 0.2) is 48.5 Å². The van der Waals surface area contributed by atoms with Crippen molar-refractivity contribution in [1.82, 2.24) is 5.32 Å². The van der Waals surface area contributed by atoms with Crippen LogP contribution in [0.3, 0.4) is 0 Å². The summed E-state index contributed by atoms with van der Waals surface area (Å²) >= 11 is 0. The van der Waals surface area contributed by atoms with Crippen LogP contribution in [-0.2, 0) is 11.3 Å². The van der Waals surface area contributed by atoms with Crippen LogP contribution < -0.4 is 15.5 Å². The van der Waals surface area contributed by atoms with Gasteiger partial charge in [-0.05, 0) is 62.7 Å². The van der Waals surface area contributed by atoms with E-state index >= 15 is 0 Å². The SMILES string of the molecule is CN(C)c1cccc(CNC(=O)c2ccc(NC(=O)OC(C)(C)C)cc2)c1. The third-order valence-electron chi connectivity index (χ3n) is 3.67. The molecular formula is C21H27N3O3. The predicted octanol–water partition coefficient (Wildman–Crippen LogP) is 4.03. The topological polar surface area (TPSA) is 70.7 Å². The van der Waals surface area contributed by atoms with E-state index in [0.29, 0.717) is 17.8 Å². The summed E-state index contributed by atoms with van der Waals surface area (Å²) in [4.78, 5) is 26.1. The number of carbonyl (C=O) groups is 2. The molecule has 27 heavy (non-hydrogen) atoms. The third-order valence-corrected chi connectivity index (χ3v) is 3.67. The molecule has 0 aliphatic rings. The van der Waals surface area contributed by atoms with Crippen molar-refractivity contribution in [2.75, 3.05) is 24.3 Å². The number of ether oxygens (including phenoxy) is 1. The van der Waals surface area contributed by atoms with E-state index in [0.717, 1.165) is 11.3 Å². The molecule has 0 aromatic heterocycles. The zero-order valence-corrected chi connectivity index (χ0v) is 16.5. The molecule has 0 heterocycles. The Hall–Kier alpha value is -3.02. The predicted molar refractivity (Wildman–Crippen MR) is 108 cm³/mol. The lowest BCUT2D eigenvalue weighted by molar-refractivity contribution is 0.0635. The number of nitrogens with one attached hydrogen (secondary N) is 2. The van der Waals surface area contributed by atoms with Crippen LogP contribution in [0.5, 0.6) is 0 Å². The molecule has 0 spiro atoms. The second-order valence-corrected chi connectivity index (χ2v) is 7.45. The zero-order valence-electron chi connectivity index (χ0n) is 16.5. The van der Waals surface area contributed by atoms with Gasteiger partial charge in [-0.15, -0.1) is 0 Å². The van der Waals surface area contributed by atoms with E-state index in [1.54, 1.807) is 45.0 Å². The van der Waals surface area contributed by atoms with Crippen LogP contribution >= 0.6 is 0 Å². The highest BCUT2D eigenvalue weighted by atomic mass is 16.6. The summed E-state index contributed by atoms with van der Waals surface area (Å²) < 4.78 is 5.20. The quantitative estimate of drug-likeness (QED) is 0.835. The van der Waals surface area contributed by atoms with Crippen LogP contribution in [0.1, 0.15) is 36.7 Å². The van der Waals surface area contributed by atoms with Crippen molar-refractivity contribution in [3.8, 4) is 0 Å². The normalized spacial score (nSPS) is 10.9. The van der Waals surface area contributed by atoms with Gasteiger partial charge in [0.15, 0.2) is 0 Å². The number of anilines is 2. The van der Waals surface area contributed by atoms with Crippen molar-refractivity contribution >= 4 is 23.4 Å². The Morgan fingerprint density at radius 2 is 1.70 bits per heavy atom. The molecule has 2 N–H and O–H groups in total. The minimum Gasteiger partial charge on any atom is -0.444 e. The summed E-state index contributed by atoms with van der Waals surface area (Å²) in [5, 5.41) is 5.54. The summed E-state index contributed by atoms with van der Waals surface area (Å²) in [7, 11) is 3.95. The van der Waals surface area contributed by atoms with Gasteiger partial charge in [0.25, 0.3) is 5.91 Å². The molecule has 6 nitrogen and oxygen atoms in total. The first-order valence-corrected chi connectivity index (χ1v) is 8.78. The molecule has 2 aromatic rings. The van der Waals surface area contributed by atoms with Gasteiger partial charge >= 0.3 is 6.09 Å². The summed E-state index contributed by atoms with van der Waals surface area (Å²) in [5.41, 5.74) is 2.64. The first-order chi connectivity index (χ1) is 12.6. The minimum atomic E-state index is -0.562. The fourth-order valence-corrected chi connectivity index (χ4v) is 2.36. The van der Waals surface area contributed by atoms with E-state index in [2.05, 4.69) is 10.6 Å². The zero-order chi connectivity index (χ0) is 20.0. The summed E-state index contributed by atoms with van der Waals surface area (Å²) in [6.45, 7) is 5.84. The molecule has 0 atom stereocenters. The van der Waals surface area contributed by atoms with Gasteiger partial charge in [0.2, 0.25) is 0 Å². The molecule has 6 heteroatoms. The lowest BCUT2D eigenvalue weighted by Crippen LogP contribution is -2.27. The third kappa shape index (κ3) is 6.66. The maximum atomic E-state index is 12.3. The van der Waals surface area contributed by atoms with Crippen LogP contribution in [0, 0.1) is 0 Å². The Morgan fingerprint density at radius 1 is 1.04 bits per heavy atom. The number of hydrogen-bond acceptors (Lipinski definition) is 4. The first kappa shape index (κ1) is 20.3. The fraction of sp³-hybridized carbons (Fsp3) is 0.333. The monoisotopic (exact) mass is 369 g/mol. The molecule has 0 saturated heterocycles. The maximum Gasteiger partial charge on any atom is 0.412 e. The molecule has 2 amide bonds. The first-order valence-electron chi connectivity index (χ1n) is 8.78. The van der Waals surface area contributed by atoms with E-state index in [1.807, 2.05) is 43.3 Å². The van der Waals surface area contributed by atoms with Crippen molar-refractivity contribution in [3.05, 3.63) is 59.7 Å². The number of benzene rings is 2. The molecule has 0 fully saturated rings. The Bertz CT molecular complexity index is 793. The highest BCUT2D eigenvalue weighted by Gasteiger charge is 2.16. The highest BCUT2D eigenvalue weighted by molar-refractivity contribution is 5.95. The number of rotatable bonds is 5. The highest BCUT2D eigenvalue weighted by Crippen LogP contribution is 2.15. The van der Waals surface area contributed by atoms with Crippen LogP contribution in [0.4, 0.5) is 16.2 Å². The number of nitrogens with zero attached hydrogens (tertiary/aromatic N) is 1. The van der Waals surface area contributed by atoms with Gasteiger partial charge in [0.05, 0.1) is 0 Å². The second kappa shape index (κ2) is 8.58. The van der Waals surface area contributed by atoms with E-state index < -0.39 is 11.7 Å². The van der Waals surface area contributed by atoms with Gasteiger partial charge in [0.1, 0.15) is 5.60 Å². The van der Waals surface area contributed by atoms with Gasteiger partial charge in [-0.25, -0.2) is 4.79 Å². The van der Waals surface area contributed by atoms with Gasteiger partial charge < -0.3 is 15.0 Å². The molecule has 0 unspecified atom stereocenters. The maximum absolute atomic E-state index is 12.3. The Morgan fingerprint density at radius 3 is 2.30 bits per heavy atom. The lowest BCUT2D eigenvalue weighted by atomic mass is 10.1. The van der Waals surface area contributed by atoms with Crippen molar-refractivity contribution in [2.45, 2.75) is 32.9 Å². The number of hydrogen-bond donors (Lipinski definition) is 2. The lowest BCUT2D eigenvalue weighted by Gasteiger charge is -2.19. The Kier molecular flexibility index (Phi) is 6.45. The van der Waals surface area contributed by atoms with E-state index in [1.165, 1.54) is 0 Å². The molecule has 0 aliphatic heterocycles. The molecule has 0 aliphatic carbocycles. The molecule has 0 saturated carbocycles. The largest absolute Gasteiger partial charge is 0.444 e. The molecule has 0 radical (unpaired) electrons. The second-order valence-electron chi connectivity index (χ2n) is 7.45. The van der Waals surface area contributed by atoms with Crippen LogP contribution in [-0.4, -0.2) is 31.7 Å². The standard InChI is InChI=1S/C21H27N3O3/c1-21(2,3)27-20(26)23-17-11-9-16(10-12-17)19(25)22-14-15-7-6-8-18(13-15)24(4)5/h6-13H,14H2,1-5H3,(H,22,25)(H,23,26). The van der Waals surface area contributed by atoms with Crippen molar-refractivity contribution < 1.29 is 14.3 Å². The van der Waals surface area contributed by atoms with Crippen LogP contribution in [0.25, 0.3) is 0 Å². The molecule has 0 bridgehead atoms. The van der Waals surface area contributed by atoms with E-state index in [9.17, 15) is 9.59 Å². The molecule has 144 valence electrons. The van der Waals surface area contributed by atoms with Crippen molar-refractivity contribution in [2.24, 2.45) is 0 Å². The van der Waals surface area contributed by atoms with E-state index in [-0.39, 0.29) is 5.91 Å². The Balaban J connectivity index is 1.92. The molecule has 2 aromatic carbocycles. The van der Waals surface area contributed by atoms with Crippen molar-refractivity contribution in [1.29, 1.82) is 0 Å². The van der Waals surface area contributed by atoms with Gasteiger partial charge in [-0.3, -0.25) is 10.1 Å². The van der Waals surface area contributed by atoms with Gasteiger partial charge in [-0.1, -0.05) is 12.1 Å². The van der Waals surface area contributed by atoms with Gasteiger partial charge in [-0.2, -0.15) is 0 Å². The number of amides is 2. The number of carbonyl (C=O) groups excluding carboxylic acids is 2. The summed E-state index contributed by atoms with van der Waals surface area (Å²) in [6, 6.07) is 14.7. The van der Waals surface area contributed by atoms with Crippen molar-refractivity contribution in [3.63, 3.8) is 0 Å². The minimum absolute atomic E-state index is 0.172. The molecule has 2 rings (SSSR count). The average molecular weight is 369 g/mol. The fourth-order valence-electron chi connectivity index (χ4n) is 2.36. The average Bonchev–Trinajstić information content (AvgIpc) is 2.59.